The van der Waals surface area contributed by atoms with E-state index in [4.69, 9.17) is 5.73 Å². The van der Waals surface area contributed by atoms with Gasteiger partial charge in [0.2, 0.25) is 5.91 Å². The second-order valence-electron chi connectivity index (χ2n) is 5.45. The van der Waals surface area contributed by atoms with E-state index < -0.39 is 0 Å². The largest absolute Gasteiger partial charge is 0.351 e. The van der Waals surface area contributed by atoms with Crippen molar-refractivity contribution in [1.82, 2.24) is 5.32 Å². The van der Waals surface area contributed by atoms with Crippen LogP contribution < -0.4 is 11.1 Å². The first-order valence-electron chi connectivity index (χ1n) is 6.50. The zero-order chi connectivity index (χ0) is 13.8. The van der Waals surface area contributed by atoms with E-state index >= 15 is 0 Å². The molecular weight excluding hydrogens is 260 g/mol. The van der Waals surface area contributed by atoms with Crippen LogP contribution in [0.4, 0.5) is 0 Å². The quantitative estimate of drug-likeness (QED) is 0.873. The maximum atomic E-state index is 12.1. The molecule has 0 spiro atoms. The van der Waals surface area contributed by atoms with Crippen molar-refractivity contribution in [3.63, 3.8) is 0 Å². The molecule has 2 unspecified atom stereocenters. The monoisotopic (exact) mass is 284 g/mol. The van der Waals surface area contributed by atoms with E-state index in [2.05, 4.69) is 12.2 Å². The van der Waals surface area contributed by atoms with Crippen molar-refractivity contribution in [3.05, 3.63) is 35.9 Å². The van der Waals surface area contributed by atoms with Gasteiger partial charge in [0.25, 0.3) is 0 Å². The van der Waals surface area contributed by atoms with Gasteiger partial charge in [0.05, 0.1) is 5.92 Å². The van der Waals surface area contributed by atoms with Gasteiger partial charge < -0.3 is 11.1 Å². The Hall–Kier alpha value is -1.06. The fourth-order valence-electron chi connectivity index (χ4n) is 1.66. The summed E-state index contributed by atoms with van der Waals surface area (Å²) in [5.74, 6) is -0.226. The third-order valence-corrected chi connectivity index (χ3v) is 3.48. The Morgan fingerprint density at radius 3 is 2.32 bits per heavy atom. The van der Waals surface area contributed by atoms with Gasteiger partial charge in [-0.2, -0.15) is 0 Å². The summed E-state index contributed by atoms with van der Waals surface area (Å²) in [6, 6.07) is 9.48. The maximum Gasteiger partial charge on any atom is 0.225 e. The number of halogens is 1. The molecule has 1 aromatic carbocycles. The molecule has 0 bridgehead atoms. The first-order valence-corrected chi connectivity index (χ1v) is 6.50. The average molecular weight is 285 g/mol. The summed E-state index contributed by atoms with van der Waals surface area (Å²) in [5.41, 5.74) is 6.95. The van der Waals surface area contributed by atoms with Crippen molar-refractivity contribution in [2.75, 3.05) is 0 Å². The van der Waals surface area contributed by atoms with Gasteiger partial charge in [-0.15, -0.1) is 12.4 Å². The SMILES string of the molecule is CCC(C)(C)NC(=O)C(C)C(N)c1ccccc1.Cl. The van der Waals surface area contributed by atoms with Gasteiger partial charge in [-0.05, 0) is 25.8 Å². The molecule has 1 amide bonds. The van der Waals surface area contributed by atoms with Crippen molar-refractivity contribution in [1.29, 1.82) is 0 Å². The van der Waals surface area contributed by atoms with Crippen LogP contribution >= 0.6 is 12.4 Å². The molecule has 0 fully saturated rings. The smallest absolute Gasteiger partial charge is 0.225 e. The molecule has 0 heterocycles. The number of carbonyl (C=O) groups is 1. The topological polar surface area (TPSA) is 55.1 Å². The summed E-state index contributed by atoms with van der Waals surface area (Å²) in [6.07, 6.45) is 0.895. The van der Waals surface area contributed by atoms with Crippen molar-refractivity contribution >= 4 is 18.3 Å². The molecule has 0 aliphatic rings. The van der Waals surface area contributed by atoms with E-state index in [-0.39, 0.29) is 35.8 Å². The Bertz CT molecular complexity index is 392. The van der Waals surface area contributed by atoms with Crippen LogP contribution in [0.25, 0.3) is 0 Å². The number of amides is 1. The molecule has 0 aliphatic carbocycles. The second kappa shape index (κ2) is 7.51. The predicted molar refractivity (Wildman–Crippen MR) is 82.3 cm³/mol. The minimum Gasteiger partial charge on any atom is -0.351 e. The molecule has 0 aromatic heterocycles. The predicted octanol–water partition coefficient (Wildman–Crippen LogP) is 3.05. The second-order valence-corrected chi connectivity index (χ2v) is 5.45. The Morgan fingerprint density at radius 2 is 1.84 bits per heavy atom. The summed E-state index contributed by atoms with van der Waals surface area (Å²) in [4.78, 5) is 12.1. The molecule has 108 valence electrons. The number of rotatable bonds is 5. The highest BCUT2D eigenvalue weighted by atomic mass is 35.5. The summed E-state index contributed by atoms with van der Waals surface area (Å²) >= 11 is 0. The van der Waals surface area contributed by atoms with E-state index in [1.54, 1.807) is 0 Å². The lowest BCUT2D eigenvalue weighted by molar-refractivity contribution is -0.126. The highest BCUT2D eigenvalue weighted by molar-refractivity contribution is 5.85. The summed E-state index contributed by atoms with van der Waals surface area (Å²) in [7, 11) is 0. The minimum atomic E-state index is -0.265. The fraction of sp³-hybridized carbons (Fsp3) is 0.533. The normalized spacial score (nSPS) is 14.2. The van der Waals surface area contributed by atoms with Crippen LogP contribution in [-0.4, -0.2) is 11.4 Å². The van der Waals surface area contributed by atoms with Crippen LogP contribution in [0, 0.1) is 5.92 Å². The Labute approximate surface area is 122 Å². The van der Waals surface area contributed by atoms with E-state index in [0.717, 1.165) is 12.0 Å². The molecule has 19 heavy (non-hydrogen) atoms. The number of nitrogens with two attached hydrogens (primary N) is 1. The molecule has 3 N–H and O–H groups in total. The average Bonchev–Trinajstić information content (AvgIpc) is 2.37. The minimum absolute atomic E-state index is 0. The van der Waals surface area contributed by atoms with Gasteiger partial charge in [-0.25, -0.2) is 0 Å². The summed E-state index contributed by atoms with van der Waals surface area (Å²) in [5, 5.41) is 3.04. The first-order chi connectivity index (χ1) is 8.37. The lowest BCUT2D eigenvalue weighted by atomic mass is 9.93. The van der Waals surface area contributed by atoms with Crippen molar-refractivity contribution in [2.45, 2.75) is 45.7 Å². The molecule has 3 nitrogen and oxygen atoms in total. The molecule has 0 aliphatic heterocycles. The number of benzene rings is 1. The van der Waals surface area contributed by atoms with Crippen LogP contribution in [0.15, 0.2) is 30.3 Å². The van der Waals surface area contributed by atoms with E-state index in [0.29, 0.717) is 0 Å². The standard InChI is InChI=1S/C15H24N2O.ClH/c1-5-15(3,4)17-14(18)11(2)13(16)12-9-7-6-8-10-12;/h6-11,13H,5,16H2,1-4H3,(H,17,18);1H. The van der Waals surface area contributed by atoms with Gasteiger partial charge in [0.15, 0.2) is 0 Å². The Morgan fingerprint density at radius 1 is 1.32 bits per heavy atom. The summed E-state index contributed by atoms with van der Waals surface area (Å²) in [6.45, 7) is 7.97. The van der Waals surface area contributed by atoms with Crippen molar-refractivity contribution in [3.8, 4) is 0 Å². The lowest BCUT2D eigenvalue weighted by Crippen LogP contribution is -2.47. The number of hydrogen-bond donors (Lipinski definition) is 2. The molecule has 0 saturated heterocycles. The van der Waals surface area contributed by atoms with Crippen molar-refractivity contribution < 1.29 is 4.79 Å². The zero-order valence-electron chi connectivity index (χ0n) is 12.1. The molecule has 1 rings (SSSR count). The third kappa shape index (κ3) is 5.21. The molecule has 4 heteroatoms. The van der Waals surface area contributed by atoms with Gasteiger partial charge >= 0.3 is 0 Å². The van der Waals surface area contributed by atoms with E-state index in [9.17, 15) is 4.79 Å². The highest BCUT2D eigenvalue weighted by Gasteiger charge is 2.26. The highest BCUT2D eigenvalue weighted by Crippen LogP contribution is 2.20. The fourth-order valence-corrected chi connectivity index (χ4v) is 1.66. The van der Waals surface area contributed by atoms with Gasteiger partial charge in [0.1, 0.15) is 0 Å². The van der Waals surface area contributed by atoms with E-state index in [1.165, 1.54) is 0 Å². The van der Waals surface area contributed by atoms with Crippen molar-refractivity contribution in [2.24, 2.45) is 11.7 Å². The van der Waals surface area contributed by atoms with Crippen LogP contribution in [0.1, 0.15) is 45.7 Å². The Kier molecular flexibility index (Phi) is 7.09. The molecule has 1 aromatic rings. The Balaban J connectivity index is 0.00000324. The van der Waals surface area contributed by atoms with Crippen LogP contribution in [0.3, 0.4) is 0 Å². The molecule has 2 atom stereocenters. The van der Waals surface area contributed by atoms with E-state index in [1.807, 2.05) is 51.1 Å². The van der Waals surface area contributed by atoms with Gasteiger partial charge in [-0.1, -0.05) is 44.2 Å². The lowest BCUT2D eigenvalue weighted by Gasteiger charge is -2.28. The molecular formula is C15H25ClN2O. The molecule has 0 saturated carbocycles. The van der Waals surface area contributed by atoms with Crippen LogP contribution in [-0.2, 0) is 4.79 Å². The van der Waals surface area contributed by atoms with Gasteiger partial charge in [0, 0.05) is 11.6 Å². The third-order valence-electron chi connectivity index (χ3n) is 3.48. The maximum absolute atomic E-state index is 12.1. The zero-order valence-corrected chi connectivity index (χ0v) is 13.0. The van der Waals surface area contributed by atoms with Gasteiger partial charge in [-0.3, -0.25) is 4.79 Å². The summed E-state index contributed by atoms with van der Waals surface area (Å²) < 4.78 is 0. The number of nitrogens with one attached hydrogen (secondary N) is 1. The number of carbonyl (C=O) groups excluding carboxylic acids is 1. The van der Waals surface area contributed by atoms with Crippen LogP contribution in [0.5, 0.6) is 0 Å². The van der Waals surface area contributed by atoms with Crippen LogP contribution in [0.2, 0.25) is 0 Å². The molecule has 0 radical (unpaired) electrons. The first kappa shape index (κ1) is 17.9. The number of hydrogen-bond acceptors (Lipinski definition) is 2.